The van der Waals surface area contributed by atoms with Crippen LogP contribution in [0.15, 0.2) is 71.8 Å². The minimum Gasteiger partial charge on any atom is -0.493 e. The Morgan fingerprint density at radius 1 is 0.933 bits per heavy atom. The first kappa shape index (κ1) is 21.7. The number of carbonyl (C=O) groups excluding carboxylic acids is 1. The molecule has 3 aromatic carbocycles. The summed E-state index contributed by atoms with van der Waals surface area (Å²) >= 11 is 11.7. The van der Waals surface area contributed by atoms with Crippen LogP contribution < -0.4 is 14.9 Å². The van der Waals surface area contributed by atoms with Gasteiger partial charge in [0.15, 0.2) is 11.5 Å². The second kappa shape index (κ2) is 10.7. The number of amides is 1. The van der Waals surface area contributed by atoms with Gasteiger partial charge < -0.3 is 9.47 Å². The number of hydrogen-bond acceptors (Lipinski definition) is 4. The van der Waals surface area contributed by atoms with Crippen molar-refractivity contribution >= 4 is 35.3 Å². The van der Waals surface area contributed by atoms with Gasteiger partial charge in [-0.1, -0.05) is 47.5 Å². The summed E-state index contributed by atoms with van der Waals surface area (Å²) < 4.78 is 11.2. The van der Waals surface area contributed by atoms with Gasteiger partial charge in [0.1, 0.15) is 6.61 Å². The van der Waals surface area contributed by atoms with Crippen LogP contribution in [0.1, 0.15) is 16.7 Å². The lowest BCUT2D eigenvalue weighted by atomic mass is 10.1. The zero-order chi connectivity index (χ0) is 21.3. The third-order valence-corrected chi connectivity index (χ3v) is 4.68. The molecule has 7 heteroatoms. The van der Waals surface area contributed by atoms with E-state index in [1.807, 2.05) is 30.3 Å². The molecule has 0 saturated carbocycles. The molecular formula is C23H20Cl2N2O3. The maximum Gasteiger partial charge on any atom is 0.244 e. The first-order valence-electron chi connectivity index (χ1n) is 9.15. The lowest BCUT2D eigenvalue weighted by Crippen LogP contribution is -2.19. The third kappa shape index (κ3) is 6.51. The summed E-state index contributed by atoms with van der Waals surface area (Å²) in [6.07, 6.45) is 1.76. The highest BCUT2D eigenvalue weighted by atomic mass is 35.5. The lowest BCUT2D eigenvalue weighted by Gasteiger charge is -2.11. The smallest absolute Gasteiger partial charge is 0.244 e. The van der Waals surface area contributed by atoms with Crippen LogP contribution in [0.5, 0.6) is 11.5 Å². The molecule has 0 aromatic heterocycles. The number of nitrogens with zero attached hydrogens (tertiary/aromatic N) is 1. The predicted octanol–water partition coefficient (Wildman–Crippen LogP) is 5.27. The van der Waals surface area contributed by atoms with Crippen LogP contribution in [-0.4, -0.2) is 19.2 Å². The van der Waals surface area contributed by atoms with E-state index in [-0.39, 0.29) is 12.3 Å². The van der Waals surface area contributed by atoms with Crippen LogP contribution >= 0.6 is 23.2 Å². The van der Waals surface area contributed by atoms with Gasteiger partial charge >= 0.3 is 0 Å². The van der Waals surface area contributed by atoms with Gasteiger partial charge in [0.2, 0.25) is 5.91 Å². The van der Waals surface area contributed by atoms with E-state index in [4.69, 9.17) is 32.7 Å². The maximum atomic E-state index is 12.0. The van der Waals surface area contributed by atoms with Crippen molar-refractivity contribution in [3.8, 4) is 11.5 Å². The van der Waals surface area contributed by atoms with Gasteiger partial charge in [-0.15, -0.1) is 0 Å². The molecule has 0 spiro atoms. The third-order valence-electron chi connectivity index (χ3n) is 4.18. The van der Waals surface area contributed by atoms with Crippen molar-refractivity contribution in [3.63, 3.8) is 0 Å². The Balaban J connectivity index is 1.56. The molecule has 0 bridgehead atoms. The Bertz CT molecular complexity index is 1020. The first-order chi connectivity index (χ1) is 14.5. The van der Waals surface area contributed by atoms with E-state index in [0.717, 1.165) is 16.7 Å². The SMILES string of the molecule is COc1cc(/C=N\NC(=O)Cc2ccc(Cl)cc2)ccc1OCc1ccc(Cl)cc1. The van der Waals surface area contributed by atoms with Crippen LogP contribution in [0, 0.1) is 0 Å². The molecule has 1 amide bonds. The summed E-state index contributed by atoms with van der Waals surface area (Å²) in [5, 5.41) is 5.31. The number of halogens is 2. The average Bonchev–Trinajstić information content (AvgIpc) is 2.75. The standard InChI is InChI=1S/C23H20Cl2N2O3/c1-29-22-12-18(6-11-21(22)30-15-17-4-9-20(25)10-5-17)14-26-27-23(28)13-16-2-7-19(24)8-3-16/h2-12,14H,13,15H2,1H3,(H,27,28)/b26-14-. The van der Waals surface area contributed by atoms with Gasteiger partial charge in [0, 0.05) is 10.0 Å². The largest absolute Gasteiger partial charge is 0.493 e. The van der Waals surface area contributed by atoms with Crippen LogP contribution in [0.3, 0.4) is 0 Å². The summed E-state index contributed by atoms with van der Waals surface area (Å²) in [6.45, 7) is 0.391. The minimum absolute atomic E-state index is 0.218. The molecule has 3 rings (SSSR count). The molecule has 0 atom stereocenters. The van der Waals surface area contributed by atoms with Crippen LogP contribution in [-0.2, 0) is 17.8 Å². The van der Waals surface area contributed by atoms with Gasteiger partial charge in [-0.25, -0.2) is 5.43 Å². The molecule has 0 unspecified atom stereocenters. The number of nitrogens with one attached hydrogen (secondary N) is 1. The number of carbonyl (C=O) groups is 1. The summed E-state index contributed by atoms with van der Waals surface area (Å²) in [5.41, 5.74) is 5.13. The second-order valence-electron chi connectivity index (χ2n) is 6.42. The zero-order valence-electron chi connectivity index (χ0n) is 16.3. The summed E-state index contributed by atoms with van der Waals surface area (Å²) in [5.74, 6) is 0.959. The van der Waals surface area contributed by atoms with E-state index in [1.165, 1.54) is 0 Å². The Hall–Kier alpha value is -3.02. The maximum absolute atomic E-state index is 12.0. The average molecular weight is 443 g/mol. The number of benzene rings is 3. The first-order valence-corrected chi connectivity index (χ1v) is 9.91. The normalized spacial score (nSPS) is 10.8. The molecule has 0 heterocycles. The van der Waals surface area contributed by atoms with Gasteiger partial charge in [-0.05, 0) is 59.2 Å². The predicted molar refractivity (Wildman–Crippen MR) is 120 cm³/mol. The number of ether oxygens (including phenoxy) is 2. The highest BCUT2D eigenvalue weighted by Gasteiger charge is 2.06. The molecule has 0 radical (unpaired) electrons. The summed E-state index contributed by atoms with van der Waals surface area (Å²) in [6, 6.07) is 20.0. The molecule has 1 N–H and O–H groups in total. The van der Waals surface area contributed by atoms with Crippen molar-refractivity contribution in [2.24, 2.45) is 5.10 Å². The fraction of sp³-hybridized carbons (Fsp3) is 0.130. The lowest BCUT2D eigenvalue weighted by molar-refractivity contribution is -0.120. The van der Waals surface area contributed by atoms with Crippen LogP contribution in [0.2, 0.25) is 10.0 Å². The van der Waals surface area contributed by atoms with Crippen molar-refractivity contribution in [1.29, 1.82) is 0 Å². The monoisotopic (exact) mass is 442 g/mol. The molecule has 154 valence electrons. The van der Waals surface area contributed by atoms with Crippen molar-refractivity contribution in [2.45, 2.75) is 13.0 Å². The van der Waals surface area contributed by atoms with E-state index in [0.29, 0.717) is 28.2 Å². The summed E-state index contributed by atoms with van der Waals surface area (Å²) in [4.78, 5) is 12.0. The molecule has 0 saturated heterocycles. The number of hydrazone groups is 1. The van der Waals surface area contributed by atoms with E-state index in [2.05, 4.69) is 10.5 Å². The van der Waals surface area contributed by atoms with Gasteiger partial charge in [0.05, 0.1) is 19.7 Å². The molecule has 30 heavy (non-hydrogen) atoms. The molecule has 0 aliphatic carbocycles. The van der Waals surface area contributed by atoms with Gasteiger partial charge in [-0.3, -0.25) is 4.79 Å². The number of methoxy groups -OCH3 is 1. The summed E-state index contributed by atoms with van der Waals surface area (Å²) in [7, 11) is 1.57. The second-order valence-corrected chi connectivity index (χ2v) is 7.29. The Morgan fingerprint density at radius 3 is 2.20 bits per heavy atom. The number of hydrogen-bond donors (Lipinski definition) is 1. The van der Waals surface area contributed by atoms with Crippen molar-refractivity contribution in [3.05, 3.63) is 93.5 Å². The Kier molecular flexibility index (Phi) is 7.71. The molecular weight excluding hydrogens is 423 g/mol. The Morgan fingerprint density at radius 2 is 1.57 bits per heavy atom. The van der Waals surface area contributed by atoms with E-state index in [1.54, 1.807) is 49.7 Å². The van der Waals surface area contributed by atoms with Gasteiger partial charge in [-0.2, -0.15) is 5.10 Å². The van der Waals surface area contributed by atoms with E-state index in [9.17, 15) is 4.79 Å². The molecule has 0 aliphatic rings. The molecule has 0 aliphatic heterocycles. The topological polar surface area (TPSA) is 59.9 Å². The van der Waals surface area contributed by atoms with Crippen molar-refractivity contribution < 1.29 is 14.3 Å². The Labute approximate surface area is 185 Å². The van der Waals surface area contributed by atoms with Crippen molar-refractivity contribution in [1.82, 2.24) is 5.43 Å². The highest BCUT2D eigenvalue weighted by Crippen LogP contribution is 2.28. The molecule has 5 nitrogen and oxygen atoms in total. The quantitative estimate of drug-likeness (QED) is 0.381. The zero-order valence-corrected chi connectivity index (χ0v) is 17.8. The van der Waals surface area contributed by atoms with Gasteiger partial charge in [0.25, 0.3) is 0 Å². The molecule has 3 aromatic rings. The minimum atomic E-state index is -0.219. The fourth-order valence-electron chi connectivity index (χ4n) is 2.63. The highest BCUT2D eigenvalue weighted by molar-refractivity contribution is 6.30. The van der Waals surface area contributed by atoms with Crippen molar-refractivity contribution in [2.75, 3.05) is 7.11 Å². The van der Waals surface area contributed by atoms with E-state index >= 15 is 0 Å². The fourth-order valence-corrected chi connectivity index (χ4v) is 2.88. The van der Waals surface area contributed by atoms with Crippen LogP contribution in [0.25, 0.3) is 0 Å². The van der Waals surface area contributed by atoms with Crippen LogP contribution in [0.4, 0.5) is 0 Å². The number of rotatable bonds is 8. The van der Waals surface area contributed by atoms with E-state index < -0.39 is 0 Å². The molecule has 0 fully saturated rings.